The lowest BCUT2D eigenvalue weighted by atomic mass is 10.2. The van der Waals surface area contributed by atoms with E-state index in [-0.39, 0.29) is 0 Å². The van der Waals surface area contributed by atoms with E-state index in [1.807, 2.05) is 17.5 Å². The van der Waals surface area contributed by atoms with Crippen LogP contribution in [0.25, 0.3) is 0 Å². The molecule has 0 amide bonds. The Morgan fingerprint density at radius 2 is 2.13 bits per heavy atom. The molecule has 3 N–H and O–H groups in total. The van der Waals surface area contributed by atoms with Crippen molar-refractivity contribution in [2.24, 2.45) is 5.10 Å². The molecule has 0 atom stereocenters. The minimum absolute atomic E-state index is 0.407. The van der Waals surface area contributed by atoms with E-state index in [2.05, 4.69) is 51.9 Å². The first-order valence-electron chi connectivity index (χ1n) is 6.94. The standard InChI is InChI=1S/C15H16N6S2/c1-11-4-6-12(7-5-11)10-23-15-20-19-14(21(15)16)18-17-9-13-3-2-8-22-13/h2-9H,10,16H2,1H3,(H,18,19)/b17-9+. The van der Waals surface area contributed by atoms with Crippen LogP contribution in [0.5, 0.6) is 0 Å². The number of thiophene rings is 1. The number of benzene rings is 1. The maximum atomic E-state index is 5.99. The lowest BCUT2D eigenvalue weighted by Crippen LogP contribution is -2.13. The molecule has 3 aromatic rings. The Bertz CT molecular complexity index is 777. The Kier molecular flexibility index (Phi) is 4.94. The maximum Gasteiger partial charge on any atom is 0.264 e. The number of nitrogens with zero attached hydrogens (tertiary/aromatic N) is 4. The second kappa shape index (κ2) is 7.30. The fourth-order valence-electron chi connectivity index (χ4n) is 1.80. The van der Waals surface area contributed by atoms with Crippen molar-refractivity contribution in [3.8, 4) is 0 Å². The van der Waals surface area contributed by atoms with E-state index in [4.69, 9.17) is 5.84 Å². The van der Waals surface area contributed by atoms with E-state index in [0.717, 1.165) is 10.6 Å². The van der Waals surface area contributed by atoms with Gasteiger partial charge in [-0.15, -0.1) is 21.5 Å². The molecule has 23 heavy (non-hydrogen) atoms. The van der Waals surface area contributed by atoms with Gasteiger partial charge < -0.3 is 5.84 Å². The molecule has 2 aromatic heterocycles. The molecule has 0 saturated heterocycles. The van der Waals surface area contributed by atoms with Gasteiger partial charge in [0.15, 0.2) is 0 Å². The number of hydrogen-bond donors (Lipinski definition) is 2. The number of nitrogens with one attached hydrogen (secondary N) is 1. The van der Waals surface area contributed by atoms with E-state index >= 15 is 0 Å². The first-order valence-corrected chi connectivity index (χ1v) is 8.80. The van der Waals surface area contributed by atoms with Crippen LogP contribution in [0.15, 0.2) is 52.0 Å². The fourth-order valence-corrected chi connectivity index (χ4v) is 3.20. The van der Waals surface area contributed by atoms with Crippen molar-refractivity contribution >= 4 is 35.3 Å². The molecule has 3 rings (SSSR count). The van der Waals surface area contributed by atoms with Crippen LogP contribution >= 0.6 is 23.1 Å². The van der Waals surface area contributed by atoms with Crippen LogP contribution in [-0.4, -0.2) is 21.1 Å². The number of hydrazone groups is 1. The molecule has 8 heteroatoms. The lowest BCUT2D eigenvalue weighted by molar-refractivity contribution is 0.847. The zero-order valence-corrected chi connectivity index (χ0v) is 14.1. The molecule has 0 unspecified atom stereocenters. The van der Waals surface area contributed by atoms with Gasteiger partial charge in [-0.2, -0.15) is 5.10 Å². The van der Waals surface area contributed by atoms with Crippen LogP contribution in [0, 0.1) is 6.92 Å². The van der Waals surface area contributed by atoms with Crippen LogP contribution in [0.3, 0.4) is 0 Å². The van der Waals surface area contributed by atoms with Gasteiger partial charge in [-0.1, -0.05) is 47.7 Å². The summed E-state index contributed by atoms with van der Waals surface area (Å²) in [7, 11) is 0. The summed E-state index contributed by atoms with van der Waals surface area (Å²) in [6.07, 6.45) is 1.72. The van der Waals surface area contributed by atoms with Crippen molar-refractivity contribution in [2.75, 3.05) is 11.3 Å². The third-order valence-corrected chi connectivity index (χ3v) is 4.87. The second-order valence-corrected chi connectivity index (χ2v) is 6.76. The predicted octanol–water partition coefficient (Wildman–Crippen LogP) is 3.10. The molecular weight excluding hydrogens is 328 g/mol. The first-order chi connectivity index (χ1) is 11.2. The van der Waals surface area contributed by atoms with Crippen molar-refractivity contribution in [3.63, 3.8) is 0 Å². The smallest absolute Gasteiger partial charge is 0.264 e. The summed E-state index contributed by atoms with van der Waals surface area (Å²) in [5.74, 6) is 7.18. The highest BCUT2D eigenvalue weighted by Crippen LogP contribution is 2.21. The summed E-state index contributed by atoms with van der Waals surface area (Å²) in [5.41, 5.74) is 5.27. The summed E-state index contributed by atoms with van der Waals surface area (Å²) < 4.78 is 1.41. The number of aromatic nitrogens is 3. The predicted molar refractivity (Wildman–Crippen MR) is 96.4 cm³/mol. The maximum absolute atomic E-state index is 5.99. The monoisotopic (exact) mass is 344 g/mol. The minimum Gasteiger partial charge on any atom is -0.334 e. The van der Waals surface area contributed by atoms with Crippen LogP contribution < -0.4 is 11.3 Å². The molecule has 2 heterocycles. The SMILES string of the molecule is Cc1ccc(CSc2nnc(N/N=C/c3cccs3)n2N)cc1. The van der Waals surface area contributed by atoms with Crippen LogP contribution in [0.4, 0.5) is 5.95 Å². The van der Waals surface area contributed by atoms with Gasteiger partial charge in [-0.25, -0.2) is 10.1 Å². The Morgan fingerprint density at radius 1 is 1.30 bits per heavy atom. The van der Waals surface area contributed by atoms with Crippen molar-refractivity contribution in [2.45, 2.75) is 17.8 Å². The molecule has 6 nitrogen and oxygen atoms in total. The summed E-state index contributed by atoms with van der Waals surface area (Å²) in [6.45, 7) is 2.07. The van der Waals surface area contributed by atoms with E-state index in [1.165, 1.54) is 27.6 Å². The number of nitrogens with two attached hydrogens (primary N) is 1. The lowest BCUT2D eigenvalue weighted by Gasteiger charge is -2.03. The van der Waals surface area contributed by atoms with E-state index in [9.17, 15) is 0 Å². The highest BCUT2D eigenvalue weighted by atomic mass is 32.2. The summed E-state index contributed by atoms with van der Waals surface area (Å²) in [5, 5.41) is 14.8. The normalized spacial score (nSPS) is 11.2. The van der Waals surface area contributed by atoms with Crippen molar-refractivity contribution in [1.29, 1.82) is 0 Å². The average Bonchev–Trinajstić information content (AvgIpc) is 3.18. The minimum atomic E-state index is 0.407. The highest BCUT2D eigenvalue weighted by Gasteiger charge is 2.09. The van der Waals surface area contributed by atoms with E-state index in [0.29, 0.717) is 11.1 Å². The van der Waals surface area contributed by atoms with Gasteiger partial charge in [0.2, 0.25) is 5.16 Å². The third kappa shape index (κ3) is 4.11. The van der Waals surface area contributed by atoms with Gasteiger partial charge in [-0.3, -0.25) is 0 Å². The number of thioether (sulfide) groups is 1. The van der Waals surface area contributed by atoms with Gasteiger partial charge in [0.25, 0.3) is 5.95 Å². The van der Waals surface area contributed by atoms with Gasteiger partial charge in [-0.05, 0) is 23.9 Å². The zero-order chi connectivity index (χ0) is 16.1. The molecule has 0 bridgehead atoms. The number of hydrogen-bond acceptors (Lipinski definition) is 7. The molecule has 1 aromatic carbocycles. The largest absolute Gasteiger partial charge is 0.334 e. The van der Waals surface area contributed by atoms with Crippen molar-refractivity contribution in [1.82, 2.24) is 14.9 Å². The van der Waals surface area contributed by atoms with Crippen molar-refractivity contribution < 1.29 is 0 Å². The van der Waals surface area contributed by atoms with Gasteiger partial charge in [0.05, 0.1) is 6.21 Å². The summed E-state index contributed by atoms with van der Waals surface area (Å²) in [4.78, 5) is 1.05. The molecular formula is C15H16N6S2. The van der Waals surface area contributed by atoms with Crippen LogP contribution in [0.1, 0.15) is 16.0 Å². The molecule has 0 saturated carbocycles. The Balaban J connectivity index is 1.59. The molecule has 118 valence electrons. The van der Waals surface area contributed by atoms with Gasteiger partial charge in [0.1, 0.15) is 0 Å². The Hall–Kier alpha value is -2.32. The first kappa shape index (κ1) is 15.6. The summed E-state index contributed by atoms with van der Waals surface area (Å²) in [6, 6.07) is 12.3. The molecule has 0 spiro atoms. The van der Waals surface area contributed by atoms with Gasteiger partial charge in [0, 0.05) is 10.6 Å². The zero-order valence-electron chi connectivity index (χ0n) is 12.5. The number of aryl methyl sites for hydroxylation is 1. The molecule has 0 aliphatic rings. The topological polar surface area (TPSA) is 81.1 Å². The highest BCUT2D eigenvalue weighted by molar-refractivity contribution is 7.98. The second-order valence-electron chi connectivity index (χ2n) is 4.84. The Labute approximate surface area is 142 Å². The summed E-state index contributed by atoms with van der Waals surface area (Å²) >= 11 is 3.14. The van der Waals surface area contributed by atoms with Gasteiger partial charge >= 0.3 is 0 Å². The fraction of sp³-hybridized carbons (Fsp3) is 0.133. The van der Waals surface area contributed by atoms with Crippen molar-refractivity contribution in [3.05, 3.63) is 57.8 Å². The van der Waals surface area contributed by atoms with E-state index in [1.54, 1.807) is 17.6 Å². The molecule has 0 aliphatic heterocycles. The Morgan fingerprint density at radius 3 is 2.87 bits per heavy atom. The van der Waals surface area contributed by atoms with E-state index < -0.39 is 0 Å². The number of nitrogen functional groups attached to an aromatic ring is 1. The number of anilines is 1. The molecule has 0 aliphatic carbocycles. The molecule has 0 radical (unpaired) electrons. The third-order valence-electron chi connectivity index (χ3n) is 3.05. The van der Waals surface area contributed by atoms with Crippen LogP contribution in [0.2, 0.25) is 0 Å². The van der Waals surface area contributed by atoms with Crippen LogP contribution in [-0.2, 0) is 5.75 Å². The number of rotatable bonds is 6. The molecule has 0 fully saturated rings. The quantitative estimate of drug-likeness (QED) is 0.311. The average molecular weight is 344 g/mol.